The van der Waals surface area contributed by atoms with Crippen molar-refractivity contribution >= 4 is 5.78 Å². The molecule has 0 radical (unpaired) electrons. The quantitative estimate of drug-likeness (QED) is 0.560. The molecule has 2 heteroatoms. The lowest BCUT2D eigenvalue weighted by atomic mass is 9.93. The van der Waals surface area contributed by atoms with Crippen molar-refractivity contribution < 1.29 is 9.18 Å². The fourth-order valence-electron chi connectivity index (χ4n) is 2.03. The van der Waals surface area contributed by atoms with Crippen molar-refractivity contribution in [2.45, 2.75) is 38.3 Å². The number of allylic oxidation sites excluding steroid dienone is 4. The van der Waals surface area contributed by atoms with Gasteiger partial charge in [0.2, 0.25) is 0 Å². The van der Waals surface area contributed by atoms with E-state index in [9.17, 15) is 9.18 Å². The highest BCUT2D eigenvalue weighted by Crippen LogP contribution is 2.30. The number of carbonyl (C=O) groups is 1. The summed E-state index contributed by atoms with van der Waals surface area (Å²) < 4.78 is 13.2. The van der Waals surface area contributed by atoms with Crippen LogP contribution in [0, 0.1) is 0 Å². The third-order valence-electron chi connectivity index (χ3n) is 2.74. The van der Waals surface area contributed by atoms with Gasteiger partial charge in [-0.25, -0.2) is 4.39 Å². The van der Waals surface area contributed by atoms with Gasteiger partial charge >= 0.3 is 0 Å². The molecule has 70 valence electrons. The first-order valence-corrected chi connectivity index (χ1v) is 4.83. The van der Waals surface area contributed by atoms with Crippen LogP contribution in [0.4, 0.5) is 4.39 Å². The Labute approximate surface area is 77.3 Å². The maximum absolute atomic E-state index is 13.2. The molecule has 0 bridgehead atoms. The first-order valence-electron chi connectivity index (χ1n) is 4.83. The lowest BCUT2D eigenvalue weighted by Gasteiger charge is -2.12. The van der Waals surface area contributed by atoms with E-state index in [0.29, 0.717) is 19.3 Å². The van der Waals surface area contributed by atoms with Crippen molar-refractivity contribution in [3.63, 3.8) is 0 Å². The van der Waals surface area contributed by atoms with Crippen molar-refractivity contribution in [2.75, 3.05) is 0 Å². The maximum Gasteiger partial charge on any atom is 0.162 e. The minimum atomic E-state index is -0.803. The zero-order chi connectivity index (χ0) is 9.26. The molecule has 1 unspecified atom stereocenters. The van der Waals surface area contributed by atoms with Gasteiger partial charge in [-0.2, -0.15) is 0 Å². The second-order valence-electron chi connectivity index (χ2n) is 3.73. The molecule has 0 amide bonds. The molecule has 2 aliphatic rings. The van der Waals surface area contributed by atoms with Crippen LogP contribution in [0.3, 0.4) is 0 Å². The fraction of sp³-hybridized carbons (Fsp3) is 0.545. The topological polar surface area (TPSA) is 17.1 Å². The Kier molecular flexibility index (Phi) is 2.30. The SMILES string of the molecule is O=C1CC=CC2=C1CC(F)CCC2. The van der Waals surface area contributed by atoms with Crippen LogP contribution >= 0.6 is 0 Å². The molecule has 0 aromatic heterocycles. The molecule has 1 nitrogen and oxygen atoms in total. The molecule has 0 N–H and O–H groups in total. The summed E-state index contributed by atoms with van der Waals surface area (Å²) in [6.07, 6.45) is 6.24. The molecule has 0 saturated carbocycles. The summed E-state index contributed by atoms with van der Waals surface area (Å²) in [6, 6.07) is 0. The summed E-state index contributed by atoms with van der Waals surface area (Å²) >= 11 is 0. The van der Waals surface area contributed by atoms with Crippen molar-refractivity contribution in [1.29, 1.82) is 0 Å². The number of Topliss-reactive ketones (excluding diaryl/α,β-unsaturated/α-hetero) is 1. The minimum Gasteiger partial charge on any atom is -0.294 e. The molecule has 0 aromatic carbocycles. The van der Waals surface area contributed by atoms with Gasteiger partial charge < -0.3 is 0 Å². The lowest BCUT2D eigenvalue weighted by Crippen LogP contribution is -2.10. The summed E-state index contributed by atoms with van der Waals surface area (Å²) in [5.74, 6) is 0.127. The maximum atomic E-state index is 13.2. The molecule has 0 heterocycles. The molecular formula is C11H13FO. The highest BCUT2D eigenvalue weighted by atomic mass is 19.1. The Bertz CT molecular complexity index is 288. The van der Waals surface area contributed by atoms with Crippen molar-refractivity contribution in [2.24, 2.45) is 0 Å². The van der Waals surface area contributed by atoms with Crippen LogP contribution in [0.15, 0.2) is 23.3 Å². The van der Waals surface area contributed by atoms with E-state index in [1.807, 2.05) is 12.2 Å². The first-order chi connectivity index (χ1) is 6.27. The van der Waals surface area contributed by atoms with Gasteiger partial charge in [0.05, 0.1) is 0 Å². The largest absolute Gasteiger partial charge is 0.294 e. The average Bonchev–Trinajstić information content (AvgIpc) is 2.28. The molecule has 0 fully saturated rings. The van der Waals surface area contributed by atoms with Gasteiger partial charge in [0.25, 0.3) is 0 Å². The highest BCUT2D eigenvalue weighted by Gasteiger charge is 2.23. The Morgan fingerprint density at radius 3 is 3.15 bits per heavy atom. The van der Waals surface area contributed by atoms with Crippen LogP contribution in [0.1, 0.15) is 32.1 Å². The van der Waals surface area contributed by atoms with Gasteiger partial charge in [-0.15, -0.1) is 0 Å². The second kappa shape index (κ2) is 3.44. The molecule has 0 saturated heterocycles. The highest BCUT2D eigenvalue weighted by molar-refractivity contribution is 5.98. The van der Waals surface area contributed by atoms with E-state index < -0.39 is 6.17 Å². The summed E-state index contributed by atoms with van der Waals surface area (Å²) in [5, 5.41) is 0. The summed E-state index contributed by atoms with van der Waals surface area (Å²) in [4.78, 5) is 11.5. The number of ketones is 1. The predicted molar refractivity (Wildman–Crippen MR) is 49.2 cm³/mol. The summed E-state index contributed by atoms with van der Waals surface area (Å²) in [6.45, 7) is 0. The normalized spacial score (nSPS) is 28.7. The van der Waals surface area contributed by atoms with E-state index in [2.05, 4.69) is 0 Å². The van der Waals surface area contributed by atoms with Gasteiger partial charge in [-0.3, -0.25) is 4.79 Å². The van der Waals surface area contributed by atoms with Crippen LogP contribution in [-0.4, -0.2) is 12.0 Å². The van der Waals surface area contributed by atoms with Crippen molar-refractivity contribution in [1.82, 2.24) is 0 Å². The predicted octanol–water partition coefficient (Wildman–Crippen LogP) is 2.72. The van der Waals surface area contributed by atoms with Gasteiger partial charge in [0, 0.05) is 18.4 Å². The van der Waals surface area contributed by atoms with Crippen LogP contribution in [0.2, 0.25) is 0 Å². The number of hydrogen-bond donors (Lipinski definition) is 0. The molecule has 2 aliphatic carbocycles. The monoisotopic (exact) mass is 180 g/mol. The lowest BCUT2D eigenvalue weighted by molar-refractivity contribution is -0.115. The third kappa shape index (κ3) is 1.71. The van der Waals surface area contributed by atoms with E-state index in [-0.39, 0.29) is 5.78 Å². The van der Waals surface area contributed by atoms with E-state index in [0.717, 1.165) is 24.0 Å². The second-order valence-corrected chi connectivity index (χ2v) is 3.73. The third-order valence-corrected chi connectivity index (χ3v) is 2.74. The molecule has 13 heavy (non-hydrogen) atoms. The molecule has 0 aliphatic heterocycles. The van der Waals surface area contributed by atoms with Gasteiger partial charge in [-0.05, 0) is 24.8 Å². The van der Waals surface area contributed by atoms with Crippen molar-refractivity contribution in [3.05, 3.63) is 23.3 Å². The number of hydrogen-bond acceptors (Lipinski definition) is 1. The average molecular weight is 180 g/mol. The minimum absolute atomic E-state index is 0.127. The molecule has 0 aromatic rings. The number of carbonyl (C=O) groups excluding carboxylic acids is 1. The van der Waals surface area contributed by atoms with Crippen molar-refractivity contribution in [3.8, 4) is 0 Å². The molecule has 0 spiro atoms. The zero-order valence-electron chi connectivity index (χ0n) is 7.55. The molecule has 1 atom stereocenters. The Morgan fingerprint density at radius 2 is 2.31 bits per heavy atom. The molecule has 2 rings (SSSR count). The smallest absolute Gasteiger partial charge is 0.162 e. The van der Waals surface area contributed by atoms with E-state index in [4.69, 9.17) is 0 Å². The van der Waals surface area contributed by atoms with E-state index in [1.165, 1.54) is 0 Å². The Morgan fingerprint density at radius 1 is 1.46 bits per heavy atom. The number of rotatable bonds is 0. The van der Waals surface area contributed by atoms with Crippen LogP contribution < -0.4 is 0 Å². The van der Waals surface area contributed by atoms with Gasteiger partial charge in [0.1, 0.15) is 6.17 Å². The summed E-state index contributed by atoms with van der Waals surface area (Å²) in [7, 11) is 0. The van der Waals surface area contributed by atoms with Gasteiger partial charge in [-0.1, -0.05) is 12.2 Å². The van der Waals surface area contributed by atoms with Crippen LogP contribution in [0.25, 0.3) is 0 Å². The number of halogens is 1. The molecular weight excluding hydrogens is 167 g/mol. The Hall–Kier alpha value is -0.920. The van der Waals surface area contributed by atoms with E-state index in [1.54, 1.807) is 0 Å². The summed E-state index contributed by atoms with van der Waals surface area (Å²) in [5.41, 5.74) is 1.84. The Balaban J connectivity index is 2.29. The van der Waals surface area contributed by atoms with Crippen LogP contribution in [-0.2, 0) is 4.79 Å². The fourth-order valence-corrected chi connectivity index (χ4v) is 2.03. The standard InChI is InChI=1S/C11H13FO/c12-9-5-1-3-8-4-2-6-11(13)10(8)7-9/h2,4,9H,1,3,5-7H2. The van der Waals surface area contributed by atoms with E-state index >= 15 is 0 Å². The number of alkyl halides is 1. The zero-order valence-corrected chi connectivity index (χ0v) is 7.55. The van der Waals surface area contributed by atoms with Gasteiger partial charge in [0.15, 0.2) is 5.78 Å². The first kappa shape index (κ1) is 8.67. The van der Waals surface area contributed by atoms with Crippen LogP contribution in [0.5, 0.6) is 0 Å².